The fraction of sp³-hybridized carbons (Fsp3) is 0.929. The Morgan fingerprint density at radius 1 is 1.18 bits per heavy atom. The minimum absolute atomic E-state index is 0.440. The summed E-state index contributed by atoms with van der Waals surface area (Å²) >= 11 is 0. The van der Waals surface area contributed by atoms with Gasteiger partial charge in [0.15, 0.2) is 0 Å². The van der Waals surface area contributed by atoms with Crippen LogP contribution in [0.3, 0.4) is 0 Å². The second kappa shape index (κ2) is 4.97. The van der Waals surface area contributed by atoms with E-state index in [1.54, 1.807) is 0 Å². The molecule has 2 bridgehead atoms. The molecule has 2 atom stereocenters. The second-order valence-corrected chi connectivity index (χ2v) is 6.11. The zero-order valence-corrected chi connectivity index (χ0v) is 10.7. The van der Waals surface area contributed by atoms with Gasteiger partial charge in [0, 0.05) is 19.0 Å². The maximum atomic E-state index is 12.2. The van der Waals surface area contributed by atoms with E-state index >= 15 is 0 Å². The number of nitrogens with one attached hydrogen (secondary N) is 1. The predicted molar refractivity (Wildman–Crippen MR) is 67.7 cm³/mol. The first-order valence-corrected chi connectivity index (χ1v) is 7.33. The van der Waals surface area contributed by atoms with Crippen LogP contribution in [0.5, 0.6) is 0 Å². The Labute approximate surface area is 104 Å². The number of amides is 1. The number of rotatable bonds is 3. The van der Waals surface area contributed by atoms with Gasteiger partial charge in [-0.25, -0.2) is 0 Å². The lowest BCUT2D eigenvalue weighted by Gasteiger charge is -2.28. The minimum atomic E-state index is 0.440. The summed E-state index contributed by atoms with van der Waals surface area (Å²) in [6.45, 7) is 3.36. The Balaban J connectivity index is 1.44. The predicted octanol–water partition coefficient (Wildman–Crippen LogP) is 1.78. The molecule has 2 heterocycles. The van der Waals surface area contributed by atoms with Crippen LogP contribution >= 0.6 is 0 Å². The van der Waals surface area contributed by atoms with Crippen molar-refractivity contribution >= 4 is 5.91 Å². The number of carbonyl (C=O) groups is 1. The first-order chi connectivity index (χ1) is 8.33. The number of hydrogen-bond acceptors (Lipinski definition) is 2. The summed E-state index contributed by atoms with van der Waals surface area (Å²) in [4.78, 5) is 14.4. The largest absolute Gasteiger partial charge is 0.339 e. The number of hydrogen-bond donors (Lipinski definition) is 1. The van der Waals surface area contributed by atoms with E-state index < -0.39 is 0 Å². The molecule has 2 aliphatic heterocycles. The average Bonchev–Trinajstić information content (AvgIpc) is 2.99. The smallest absolute Gasteiger partial charge is 0.222 e. The van der Waals surface area contributed by atoms with Crippen LogP contribution in [0.4, 0.5) is 0 Å². The highest BCUT2D eigenvalue weighted by molar-refractivity contribution is 5.77. The maximum Gasteiger partial charge on any atom is 0.222 e. The molecule has 2 unspecified atom stereocenters. The molecule has 1 N–H and O–H groups in total. The Morgan fingerprint density at radius 2 is 2.00 bits per heavy atom. The van der Waals surface area contributed by atoms with E-state index in [9.17, 15) is 4.79 Å². The summed E-state index contributed by atoms with van der Waals surface area (Å²) < 4.78 is 0. The Morgan fingerprint density at radius 3 is 2.65 bits per heavy atom. The van der Waals surface area contributed by atoms with Crippen molar-refractivity contribution in [1.82, 2.24) is 10.2 Å². The van der Waals surface area contributed by atoms with Crippen LogP contribution in [0, 0.1) is 11.8 Å². The fourth-order valence-corrected chi connectivity index (χ4v) is 3.87. The Bertz CT molecular complexity index is 286. The molecule has 1 aliphatic carbocycles. The highest BCUT2D eigenvalue weighted by Gasteiger charge is 2.39. The standard InChI is InChI=1S/C14H24N2O/c17-14(4-2-11-5-7-15-8-6-11)16-10-12-1-3-13(16)9-12/h11-13,15H,1-10H2. The summed E-state index contributed by atoms with van der Waals surface area (Å²) in [6.07, 6.45) is 8.37. The third kappa shape index (κ3) is 2.49. The van der Waals surface area contributed by atoms with Gasteiger partial charge in [-0.15, -0.1) is 0 Å². The molecule has 3 heteroatoms. The molecule has 0 aromatic carbocycles. The van der Waals surface area contributed by atoms with E-state index in [1.165, 1.54) is 32.1 Å². The normalized spacial score (nSPS) is 33.3. The highest BCUT2D eigenvalue weighted by Crippen LogP contribution is 2.37. The molecule has 0 aromatic heterocycles. The Hall–Kier alpha value is -0.570. The average molecular weight is 236 g/mol. The number of nitrogens with zero attached hydrogens (tertiary/aromatic N) is 1. The lowest BCUT2D eigenvalue weighted by molar-refractivity contribution is -0.133. The van der Waals surface area contributed by atoms with Gasteiger partial charge in [-0.3, -0.25) is 4.79 Å². The van der Waals surface area contributed by atoms with Gasteiger partial charge < -0.3 is 10.2 Å². The van der Waals surface area contributed by atoms with Gasteiger partial charge in [-0.1, -0.05) is 0 Å². The summed E-state index contributed by atoms with van der Waals surface area (Å²) in [6, 6.07) is 0.612. The molecule has 3 rings (SSSR count). The molecule has 96 valence electrons. The number of likely N-dealkylation sites (tertiary alicyclic amines) is 1. The van der Waals surface area contributed by atoms with E-state index in [4.69, 9.17) is 0 Å². The van der Waals surface area contributed by atoms with Crippen LogP contribution in [-0.4, -0.2) is 36.5 Å². The second-order valence-electron chi connectivity index (χ2n) is 6.11. The molecule has 0 aromatic rings. The number of fused-ring (bicyclic) bond motifs is 2. The van der Waals surface area contributed by atoms with Crippen molar-refractivity contribution in [3.05, 3.63) is 0 Å². The van der Waals surface area contributed by atoms with Crippen molar-refractivity contribution < 1.29 is 4.79 Å². The fourth-order valence-electron chi connectivity index (χ4n) is 3.87. The van der Waals surface area contributed by atoms with Gasteiger partial charge in [0.05, 0.1) is 0 Å². The lowest BCUT2D eigenvalue weighted by Crippen LogP contribution is -2.38. The molecule has 2 saturated heterocycles. The molecule has 1 saturated carbocycles. The molecule has 1 amide bonds. The van der Waals surface area contributed by atoms with Gasteiger partial charge in [0.1, 0.15) is 0 Å². The topological polar surface area (TPSA) is 32.3 Å². The van der Waals surface area contributed by atoms with E-state index in [2.05, 4.69) is 10.2 Å². The van der Waals surface area contributed by atoms with Gasteiger partial charge in [-0.2, -0.15) is 0 Å². The van der Waals surface area contributed by atoms with Gasteiger partial charge >= 0.3 is 0 Å². The van der Waals surface area contributed by atoms with Crippen molar-refractivity contribution in [3.8, 4) is 0 Å². The lowest BCUT2D eigenvalue weighted by atomic mass is 9.93. The third-order valence-corrected chi connectivity index (χ3v) is 4.95. The number of carbonyl (C=O) groups excluding carboxylic acids is 1. The van der Waals surface area contributed by atoms with Crippen LogP contribution in [0.1, 0.15) is 44.9 Å². The van der Waals surface area contributed by atoms with Crippen LogP contribution in [0.2, 0.25) is 0 Å². The molecule has 17 heavy (non-hydrogen) atoms. The first-order valence-electron chi connectivity index (χ1n) is 7.33. The van der Waals surface area contributed by atoms with Crippen LogP contribution in [-0.2, 0) is 4.79 Å². The van der Waals surface area contributed by atoms with Gasteiger partial charge in [0.25, 0.3) is 0 Å². The molecule has 3 nitrogen and oxygen atoms in total. The Kier molecular flexibility index (Phi) is 3.37. The SMILES string of the molecule is O=C(CCC1CCNCC1)N1CC2CCC1C2. The zero-order chi connectivity index (χ0) is 11.7. The van der Waals surface area contributed by atoms with E-state index in [-0.39, 0.29) is 0 Å². The van der Waals surface area contributed by atoms with Crippen molar-refractivity contribution in [3.63, 3.8) is 0 Å². The van der Waals surface area contributed by atoms with E-state index in [1.807, 2.05) is 0 Å². The number of piperidine rings is 2. The maximum absolute atomic E-state index is 12.2. The van der Waals surface area contributed by atoms with Crippen LogP contribution in [0.25, 0.3) is 0 Å². The van der Waals surface area contributed by atoms with Crippen molar-refractivity contribution in [1.29, 1.82) is 0 Å². The van der Waals surface area contributed by atoms with E-state index in [0.717, 1.165) is 44.3 Å². The highest BCUT2D eigenvalue weighted by atomic mass is 16.2. The van der Waals surface area contributed by atoms with Crippen molar-refractivity contribution in [2.24, 2.45) is 11.8 Å². The molecule has 3 aliphatic rings. The van der Waals surface area contributed by atoms with Crippen molar-refractivity contribution in [2.75, 3.05) is 19.6 Å². The summed E-state index contributed by atoms with van der Waals surface area (Å²) in [5, 5.41) is 3.38. The molecule has 3 fully saturated rings. The molecule has 0 spiro atoms. The van der Waals surface area contributed by atoms with Gasteiger partial charge in [0.2, 0.25) is 5.91 Å². The minimum Gasteiger partial charge on any atom is -0.339 e. The van der Waals surface area contributed by atoms with Crippen LogP contribution in [0.15, 0.2) is 0 Å². The summed E-state index contributed by atoms with van der Waals surface area (Å²) in [5.74, 6) is 2.07. The quantitative estimate of drug-likeness (QED) is 0.810. The zero-order valence-electron chi connectivity index (χ0n) is 10.7. The summed E-state index contributed by atoms with van der Waals surface area (Å²) in [5.41, 5.74) is 0. The van der Waals surface area contributed by atoms with E-state index in [0.29, 0.717) is 11.9 Å². The van der Waals surface area contributed by atoms with Crippen LogP contribution < -0.4 is 5.32 Å². The molecular weight excluding hydrogens is 212 g/mol. The van der Waals surface area contributed by atoms with Gasteiger partial charge in [-0.05, 0) is 63.5 Å². The monoisotopic (exact) mass is 236 g/mol. The van der Waals surface area contributed by atoms with Crippen molar-refractivity contribution in [2.45, 2.75) is 51.0 Å². The molecule has 0 radical (unpaired) electrons. The first kappa shape index (κ1) is 11.5. The molecular formula is C14H24N2O. The summed E-state index contributed by atoms with van der Waals surface area (Å²) in [7, 11) is 0. The third-order valence-electron chi connectivity index (χ3n) is 4.95.